The fourth-order valence-corrected chi connectivity index (χ4v) is 5.06. The Morgan fingerprint density at radius 3 is 2.77 bits per heavy atom. The lowest BCUT2D eigenvalue weighted by atomic mass is 9.95. The molecule has 1 aromatic rings. The quantitative estimate of drug-likeness (QED) is 0.791. The number of nitrogens with zero attached hydrogens (tertiary/aromatic N) is 1. The first-order chi connectivity index (χ1) is 12.4. The van der Waals surface area contributed by atoms with Crippen LogP contribution < -0.4 is 0 Å². The van der Waals surface area contributed by atoms with Crippen molar-refractivity contribution in [3.05, 3.63) is 34.4 Å². The van der Waals surface area contributed by atoms with Gasteiger partial charge in [0.2, 0.25) is 5.91 Å². The van der Waals surface area contributed by atoms with Gasteiger partial charge in [-0.15, -0.1) is 0 Å². The molecule has 26 heavy (non-hydrogen) atoms. The van der Waals surface area contributed by atoms with E-state index in [9.17, 15) is 9.59 Å². The molecule has 0 radical (unpaired) electrons. The molecule has 140 valence electrons. The van der Waals surface area contributed by atoms with Gasteiger partial charge in [0.25, 0.3) is 0 Å². The molecule has 1 aliphatic heterocycles. The molecule has 1 N–H and O–H groups in total. The number of hydrogen-bond donors (Lipinski definition) is 1. The van der Waals surface area contributed by atoms with Crippen LogP contribution in [-0.4, -0.2) is 46.4 Å². The third kappa shape index (κ3) is 3.73. The average Bonchev–Trinajstić information content (AvgIpc) is 2.91. The topological polar surface area (TPSA) is 61.2 Å². The van der Waals surface area contributed by atoms with Gasteiger partial charge in [-0.1, -0.05) is 19.4 Å². The standard InChI is InChI=1S/C21H28N2O2S/c1-4-5-15(22)10-16-12-26-7-6-23(16)21(25)19-11-20(24)18-9-14(3)13(2)8-17(18)19/h8-9,16,19,22H,4-7,10-12H2,1-3H3. The summed E-state index contributed by atoms with van der Waals surface area (Å²) in [6.07, 6.45) is 2.72. The predicted molar refractivity (Wildman–Crippen MR) is 108 cm³/mol. The van der Waals surface area contributed by atoms with Gasteiger partial charge in [-0.25, -0.2) is 0 Å². The van der Waals surface area contributed by atoms with Crippen molar-refractivity contribution in [2.24, 2.45) is 0 Å². The van der Waals surface area contributed by atoms with E-state index in [-0.39, 0.29) is 23.7 Å². The Kier molecular flexibility index (Phi) is 5.86. The highest BCUT2D eigenvalue weighted by Crippen LogP contribution is 2.37. The van der Waals surface area contributed by atoms with Crippen molar-refractivity contribution < 1.29 is 9.59 Å². The molecule has 4 nitrogen and oxygen atoms in total. The van der Waals surface area contributed by atoms with Crippen LogP contribution in [0.15, 0.2) is 12.1 Å². The highest BCUT2D eigenvalue weighted by molar-refractivity contribution is 7.99. The highest BCUT2D eigenvalue weighted by Gasteiger charge is 2.39. The third-order valence-electron chi connectivity index (χ3n) is 5.57. The van der Waals surface area contributed by atoms with E-state index in [0.29, 0.717) is 12.8 Å². The maximum atomic E-state index is 13.3. The normalized spacial score (nSPS) is 22.4. The number of amides is 1. The minimum atomic E-state index is -0.345. The van der Waals surface area contributed by atoms with Gasteiger partial charge in [0, 0.05) is 48.2 Å². The molecule has 1 fully saturated rings. The van der Waals surface area contributed by atoms with E-state index < -0.39 is 0 Å². The number of benzene rings is 1. The van der Waals surface area contributed by atoms with Gasteiger partial charge < -0.3 is 10.3 Å². The summed E-state index contributed by atoms with van der Waals surface area (Å²) in [7, 11) is 0. The van der Waals surface area contributed by atoms with E-state index >= 15 is 0 Å². The van der Waals surface area contributed by atoms with Crippen LogP contribution in [0.3, 0.4) is 0 Å². The first-order valence-corrected chi connectivity index (χ1v) is 10.7. The van der Waals surface area contributed by atoms with E-state index in [1.165, 1.54) is 0 Å². The maximum absolute atomic E-state index is 13.3. The van der Waals surface area contributed by atoms with Crippen molar-refractivity contribution in [1.29, 1.82) is 5.41 Å². The second kappa shape index (κ2) is 7.95. The van der Waals surface area contributed by atoms with Crippen LogP contribution in [0, 0.1) is 19.3 Å². The monoisotopic (exact) mass is 372 g/mol. The summed E-state index contributed by atoms with van der Waals surface area (Å²) in [5.74, 6) is 1.64. The molecule has 2 atom stereocenters. The third-order valence-corrected chi connectivity index (χ3v) is 6.67. The first kappa shape index (κ1) is 19.2. The first-order valence-electron chi connectivity index (χ1n) is 9.51. The molecule has 0 aromatic heterocycles. The zero-order valence-electron chi connectivity index (χ0n) is 15.9. The number of carbonyl (C=O) groups is 2. The zero-order valence-corrected chi connectivity index (χ0v) is 16.7. The molecule has 5 heteroatoms. The fraction of sp³-hybridized carbons (Fsp3) is 0.571. The van der Waals surface area contributed by atoms with Gasteiger partial charge in [0.05, 0.1) is 5.92 Å². The SMILES string of the molecule is CCCC(=N)CC1CSCCN1C(=O)C1CC(=O)c2cc(C)c(C)cc21. The molecule has 1 aliphatic carbocycles. The van der Waals surface area contributed by atoms with Gasteiger partial charge in [-0.3, -0.25) is 9.59 Å². The van der Waals surface area contributed by atoms with Crippen LogP contribution in [0.1, 0.15) is 65.6 Å². The summed E-state index contributed by atoms with van der Waals surface area (Å²) in [5.41, 5.74) is 4.60. The molecular formula is C21H28N2O2S. The summed E-state index contributed by atoms with van der Waals surface area (Å²) >= 11 is 1.86. The smallest absolute Gasteiger partial charge is 0.230 e. The Labute approximate surface area is 160 Å². The number of nitrogens with one attached hydrogen (secondary N) is 1. The second-order valence-corrected chi connectivity index (χ2v) is 8.67. The molecule has 1 amide bonds. The summed E-state index contributed by atoms with van der Waals surface area (Å²) in [4.78, 5) is 27.8. The van der Waals surface area contributed by atoms with Gasteiger partial charge in [-0.05, 0) is 43.0 Å². The van der Waals surface area contributed by atoms with Crippen LogP contribution in [0.4, 0.5) is 0 Å². The predicted octanol–water partition coefficient (Wildman–Crippen LogP) is 4.13. The largest absolute Gasteiger partial charge is 0.337 e. The molecule has 0 bridgehead atoms. The Balaban J connectivity index is 1.83. The van der Waals surface area contributed by atoms with Crippen molar-refractivity contribution >= 4 is 29.2 Å². The number of ketones is 1. The number of Topliss-reactive ketones (excluding diaryl/α,β-unsaturated/α-hetero) is 1. The molecule has 0 spiro atoms. The van der Waals surface area contributed by atoms with Gasteiger partial charge in [-0.2, -0.15) is 11.8 Å². The van der Waals surface area contributed by atoms with Crippen molar-refractivity contribution in [3.63, 3.8) is 0 Å². The van der Waals surface area contributed by atoms with Crippen LogP contribution in [-0.2, 0) is 4.79 Å². The number of carbonyl (C=O) groups excluding carboxylic acids is 2. The van der Waals surface area contributed by atoms with Crippen LogP contribution in [0.2, 0.25) is 0 Å². The average molecular weight is 373 g/mol. The molecule has 1 aromatic carbocycles. The number of aryl methyl sites for hydroxylation is 2. The Bertz CT molecular complexity index is 744. The fourth-order valence-electron chi connectivity index (χ4n) is 4.00. The van der Waals surface area contributed by atoms with E-state index in [2.05, 4.69) is 6.92 Å². The molecule has 0 saturated carbocycles. The van der Waals surface area contributed by atoms with Crippen molar-refractivity contribution in [1.82, 2.24) is 4.90 Å². The van der Waals surface area contributed by atoms with Gasteiger partial charge >= 0.3 is 0 Å². The minimum Gasteiger partial charge on any atom is -0.337 e. The van der Waals surface area contributed by atoms with E-state index in [1.807, 2.05) is 42.6 Å². The minimum absolute atomic E-state index is 0.0787. The van der Waals surface area contributed by atoms with Crippen molar-refractivity contribution in [3.8, 4) is 0 Å². The molecule has 1 heterocycles. The summed E-state index contributed by atoms with van der Waals surface area (Å²) < 4.78 is 0. The van der Waals surface area contributed by atoms with Crippen LogP contribution in [0.25, 0.3) is 0 Å². The number of hydrogen-bond acceptors (Lipinski definition) is 4. The molecule has 2 aliphatic rings. The molecule has 1 saturated heterocycles. The maximum Gasteiger partial charge on any atom is 0.230 e. The van der Waals surface area contributed by atoms with Gasteiger partial charge in [0.1, 0.15) is 0 Å². The van der Waals surface area contributed by atoms with E-state index in [0.717, 1.165) is 58.9 Å². The Hall–Kier alpha value is -1.62. The Morgan fingerprint density at radius 2 is 2.04 bits per heavy atom. The lowest BCUT2D eigenvalue weighted by Crippen LogP contribution is -2.48. The Morgan fingerprint density at radius 1 is 1.31 bits per heavy atom. The summed E-state index contributed by atoms with van der Waals surface area (Å²) in [6, 6.07) is 4.07. The molecular weight excluding hydrogens is 344 g/mol. The summed E-state index contributed by atoms with van der Waals surface area (Å²) in [6.45, 7) is 6.85. The van der Waals surface area contributed by atoms with Crippen LogP contribution >= 0.6 is 11.8 Å². The molecule has 3 rings (SSSR count). The lowest BCUT2D eigenvalue weighted by Gasteiger charge is -2.37. The van der Waals surface area contributed by atoms with Crippen LogP contribution in [0.5, 0.6) is 0 Å². The summed E-state index contributed by atoms with van der Waals surface area (Å²) in [5, 5.41) is 8.16. The number of fused-ring (bicyclic) bond motifs is 1. The van der Waals surface area contributed by atoms with Gasteiger partial charge in [0.15, 0.2) is 5.78 Å². The van der Waals surface area contributed by atoms with E-state index in [1.54, 1.807) is 0 Å². The number of thioether (sulfide) groups is 1. The number of rotatable bonds is 5. The zero-order chi connectivity index (χ0) is 18.8. The van der Waals surface area contributed by atoms with E-state index in [4.69, 9.17) is 5.41 Å². The lowest BCUT2D eigenvalue weighted by molar-refractivity contribution is -0.134. The highest BCUT2D eigenvalue weighted by atomic mass is 32.2. The van der Waals surface area contributed by atoms with Crippen molar-refractivity contribution in [2.45, 2.75) is 58.4 Å². The van der Waals surface area contributed by atoms with Crippen molar-refractivity contribution in [2.75, 3.05) is 18.1 Å². The second-order valence-electron chi connectivity index (χ2n) is 7.52. The molecule has 2 unspecified atom stereocenters.